The number of methoxy groups -OCH3 is 2. The number of aliphatic hydroxyl groups is 1. The number of rotatable bonds is 5. The first-order chi connectivity index (χ1) is 18.1. The van der Waals surface area contributed by atoms with E-state index in [0.717, 1.165) is 64.2 Å². The molecule has 0 aliphatic carbocycles. The normalized spacial score (nSPS) is 18.9. The van der Waals surface area contributed by atoms with E-state index in [4.69, 9.17) is 14.2 Å². The monoisotopic (exact) mass is 498 g/mol. The highest BCUT2D eigenvalue weighted by molar-refractivity contribution is 6.13. The summed E-state index contributed by atoms with van der Waals surface area (Å²) in [6.07, 6.45) is 0.966. The molecule has 2 N–H and O–H groups in total. The molecule has 1 fully saturated rings. The molecular formula is C30H30N2O5. The molecule has 0 unspecified atom stereocenters. The maximum Gasteiger partial charge on any atom is 0.411 e. The van der Waals surface area contributed by atoms with Gasteiger partial charge in [0.25, 0.3) is 0 Å². The number of carbonyl (C=O) groups is 1. The largest absolute Gasteiger partial charge is 0.493 e. The molecule has 2 aliphatic rings. The molecule has 2 atom stereocenters. The molecule has 2 heterocycles. The van der Waals surface area contributed by atoms with Crippen molar-refractivity contribution in [2.45, 2.75) is 38.1 Å². The first kappa shape index (κ1) is 23.6. The van der Waals surface area contributed by atoms with Crippen LogP contribution in [0.3, 0.4) is 0 Å². The minimum Gasteiger partial charge on any atom is -0.493 e. The fraction of sp³-hybridized carbons (Fsp3) is 0.300. The van der Waals surface area contributed by atoms with Gasteiger partial charge in [-0.2, -0.15) is 0 Å². The van der Waals surface area contributed by atoms with Gasteiger partial charge in [-0.05, 0) is 81.9 Å². The number of amides is 1. The van der Waals surface area contributed by atoms with Crippen molar-refractivity contribution < 1.29 is 24.1 Å². The van der Waals surface area contributed by atoms with E-state index in [1.165, 1.54) is 0 Å². The van der Waals surface area contributed by atoms with Crippen LogP contribution in [0.2, 0.25) is 0 Å². The molecule has 37 heavy (non-hydrogen) atoms. The van der Waals surface area contributed by atoms with Gasteiger partial charge in [0, 0.05) is 18.3 Å². The molecule has 6 rings (SSSR count). The lowest BCUT2D eigenvalue weighted by atomic mass is 9.83. The molecule has 2 aliphatic heterocycles. The predicted molar refractivity (Wildman–Crippen MR) is 143 cm³/mol. The maximum absolute atomic E-state index is 12.6. The highest BCUT2D eigenvalue weighted by Gasteiger charge is 2.39. The first-order valence-corrected chi connectivity index (χ1v) is 12.6. The molecule has 7 nitrogen and oxygen atoms in total. The predicted octanol–water partition coefficient (Wildman–Crippen LogP) is 5.77. The average Bonchev–Trinajstić information content (AvgIpc) is 3.41. The number of ether oxygens (including phenoxy) is 3. The highest BCUT2D eigenvalue weighted by Crippen LogP contribution is 2.47. The van der Waals surface area contributed by atoms with Crippen molar-refractivity contribution >= 4 is 33.3 Å². The van der Waals surface area contributed by atoms with Crippen LogP contribution in [0.1, 0.15) is 35.6 Å². The van der Waals surface area contributed by atoms with Gasteiger partial charge in [-0.3, -0.25) is 10.2 Å². The number of benzene rings is 4. The van der Waals surface area contributed by atoms with Crippen LogP contribution in [0.15, 0.2) is 60.7 Å². The lowest BCUT2D eigenvalue weighted by molar-refractivity contribution is 0.0552. The summed E-state index contributed by atoms with van der Waals surface area (Å²) in [6.45, 7) is 1.96. The van der Waals surface area contributed by atoms with Crippen molar-refractivity contribution in [1.82, 2.24) is 4.90 Å². The fourth-order valence-electron chi connectivity index (χ4n) is 5.93. The number of nitrogens with zero attached hydrogens (tertiary/aromatic N) is 1. The zero-order valence-electron chi connectivity index (χ0n) is 21.0. The van der Waals surface area contributed by atoms with E-state index in [1.54, 1.807) is 14.2 Å². The smallest absolute Gasteiger partial charge is 0.411 e. The van der Waals surface area contributed by atoms with Crippen LogP contribution < -0.4 is 14.8 Å². The molecule has 1 saturated heterocycles. The van der Waals surface area contributed by atoms with E-state index in [9.17, 15) is 9.90 Å². The van der Waals surface area contributed by atoms with Gasteiger partial charge in [-0.1, -0.05) is 36.4 Å². The van der Waals surface area contributed by atoms with Crippen LogP contribution >= 0.6 is 0 Å². The topological polar surface area (TPSA) is 80.3 Å². The average molecular weight is 499 g/mol. The minimum absolute atomic E-state index is 0.124. The Labute approximate surface area is 215 Å². The Kier molecular flexibility index (Phi) is 6.10. The first-order valence-electron chi connectivity index (χ1n) is 12.6. The molecular weight excluding hydrogens is 468 g/mol. The lowest BCUT2D eigenvalue weighted by Gasteiger charge is -2.37. The molecule has 0 spiro atoms. The second-order valence-corrected chi connectivity index (χ2v) is 9.72. The Morgan fingerprint density at radius 2 is 1.70 bits per heavy atom. The van der Waals surface area contributed by atoms with Gasteiger partial charge in [0.05, 0.1) is 20.3 Å². The van der Waals surface area contributed by atoms with Crippen molar-refractivity contribution in [2.24, 2.45) is 0 Å². The third-order valence-electron chi connectivity index (χ3n) is 7.67. The molecule has 7 heteroatoms. The van der Waals surface area contributed by atoms with Gasteiger partial charge in [-0.15, -0.1) is 0 Å². The Hall–Kier alpha value is -3.81. The van der Waals surface area contributed by atoms with Gasteiger partial charge < -0.3 is 19.3 Å². The SMILES string of the molecule is COc1cc2c3c(c4ccc(NC(=O)OCc5ccccc5)cc4c2cc1OC)[C@H](O)[C@@H]1CCCN1C3. The standard InChI is InChI=1S/C30H30N2O5/c1-35-26-14-22-21-13-19(31-30(34)37-17-18-7-4-3-5-8-18)10-11-20(21)28-24(23(22)15-27(26)36-2)16-32-12-6-9-25(32)29(28)33/h3-5,7-8,10-11,13-15,25,29,33H,6,9,12,16-17H2,1-2H3,(H,31,34)/t25-,29+/m0/s1. The number of fused-ring (bicyclic) bond motifs is 7. The number of anilines is 1. The van der Waals surface area contributed by atoms with E-state index in [0.29, 0.717) is 17.2 Å². The van der Waals surface area contributed by atoms with E-state index >= 15 is 0 Å². The van der Waals surface area contributed by atoms with Crippen molar-refractivity contribution in [1.29, 1.82) is 0 Å². The van der Waals surface area contributed by atoms with Crippen LogP contribution in [0.5, 0.6) is 11.5 Å². The summed E-state index contributed by atoms with van der Waals surface area (Å²) in [5.41, 5.74) is 3.63. The Bertz CT molecular complexity index is 1490. The molecule has 4 aromatic carbocycles. The second-order valence-electron chi connectivity index (χ2n) is 9.72. The second kappa shape index (κ2) is 9.57. The summed E-state index contributed by atoms with van der Waals surface area (Å²) < 4.78 is 16.7. The van der Waals surface area contributed by atoms with Gasteiger partial charge in [0.1, 0.15) is 6.61 Å². The van der Waals surface area contributed by atoms with Gasteiger partial charge in [0.15, 0.2) is 11.5 Å². The molecule has 0 aromatic heterocycles. The summed E-state index contributed by atoms with van der Waals surface area (Å²) in [7, 11) is 3.25. The summed E-state index contributed by atoms with van der Waals surface area (Å²) in [5.74, 6) is 1.28. The van der Waals surface area contributed by atoms with Crippen LogP contribution in [0.25, 0.3) is 21.5 Å². The molecule has 1 amide bonds. The summed E-state index contributed by atoms with van der Waals surface area (Å²) >= 11 is 0. The molecule has 4 aromatic rings. The molecule has 0 saturated carbocycles. The van der Waals surface area contributed by atoms with Crippen molar-refractivity contribution in [3.05, 3.63) is 77.4 Å². The van der Waals surface area contributed by atoms with Crippen LogP contribution in [-0.2, 0) is 17.9 Å². The van der Waals surface area contributed by atoms with E-state index < -0.39 is 12.2 Å². The summed E-state index contributed by atoms with van der Waals surface area (Å²) in [4.78, 5) is 14.9. The number of hydrogen-bond donors (Lipinski definition) is 2. The zero-order valence-corrected chi connectivity index (χ0v) is 21.0. The van der Waals surface area contributed by atoms with Gasteiger partial charge in [-0.25, -0.2) is 4.79 Å². The van der Waals surface area contributed by atoms with Crippen molar-refractivity contribution in [3.8, 4) is 11.5 Å². The number of nitrogens with one attached hydrogen (secondary N) is 1. The van der Waals surface area contributed by atoms with Crippen molar-refractivity contribution in [3.63, 3.8) is 0 Å². The highest BCUT2D eigenvalue weighted by atomic mass is 16.5. The van der Waals surface area contributed by atoms with E-state index in [2.05, 4.69) is 10.2 Å². The molecule has 0 bridgehead atoms. The quantitative estimate of drug-likeness (QED) is 0.340. The van der Waals surface area contributed by atoms with Crippen molar-refractivity contribution in [2.75, 3.05) is 26.1 Å². The minimum atomic E-state index is -0.583. The lowest BCUT2D eigenvalue weighted by Crippen LogP contribution is -2.39. The van der Waals surface area contributed by atoms with Gasteiger partial charge in [0.2, 0.25) is 0 Å². The number of hydrogen-bond acceptors (Lipinski definition) is 6. The summed E-state index contributed by atoms with van der Waals surface area (Å²) in [5, 5.41) is 18.3. The maximum atomic E-state index is 12.6. The summed E-state index contributed by atoms with van der Waals surface area (Å²) in [6, 6.07) is 19.5. The number of carbonyl (C=O) groups excluding carboxylic acids is 1. The Balaban J connectivity index is 1.44. The molecule has 190 valence electrons. The Morgan fingerprint density at radius 1 is 0.973 bits per heavy atom. The van der Waals surface area contributed by atoms with E-state index in [-0.39, 0.29) is 12.6 Å². The third-order valence-corrected chi connectivity index (χ3v) is 7.67. The number of aliphatic hydroxyl groups excluding tert-OH is 1. The van der Waals surface area contributed by atoms with Crippen LogP contribution in [-0.4, -0.2) is 42.9 Å². The zero-order chi connectivity index (χ0) is 25.5. The fourth-order valence-corrected chi connectivity index (χ4v) is 5.93. The third kappa shape index (κ3) is 4.14. The van der Waals surface area contributed by atoms with Crippen LogP contribution in [0, 0.1) is 0 Å². The molecule has 0 radical (unpaired) electrons. The van der Waals surface area contributed by atoms with Crippen LogP contribution in [0.4, 0.5) is 10.5 Å². The van der Waals surface area contributed by atoms with Gasteiger partial charge >= 0.3 is 6.09 Å². The Morgan fingerprint density at radius 3 is 2.46 bits per heavy atom. The van der Waals surface area contributed by atoms with E-state index in [1.807, 2.05) is 60.7 Å².